The zero-order valence-corrected chi connectivity index (χ0v) is 12.5. The van der Waals surface area contributed by atoms with E-state index in [2.05, 4.69) is 44.4 Å². The molecular weight excluding hydrogens is 234 g/mol. The van der Waals surface area contributed by atoms with Crippen molar-refractivity contribution in [3.05, 3.63) is 34.9 Å². The molecule has 0 aliphatic carbocycles. The Hall–Kier alpha value is -0.860. The van der Waals surface area contributed by atoms with Crippen LogP contribution in [-0.2, 0) is 17.6 Å². The maximum atomic E-state index is 5.68. The minimum atomic E-state index is 0.432. The van der Waals surface area contributed by atoms with Gasteiger partial charge in [-0.15, -0.1) is 0 Å². The van der Waals surface area contributed by atoms with Crippen molar-refractivity contribution in [2.75, 3.05) is 20.3 Å². The highest BCUT2D eigenvalue weighted by Crippen LogP contribution is 2.31. The van der Waals surface area contributed by atoms with E-state index in [0.717, 1.165) is 26.1 Å². The molecule has 2 unspecified atom stereocenters. The summed E-state index contributed by atoms with van der Waals surface area (Å²) >= 11 is 0. The van der Waals surface area contributed by atoms with E-state index in [4.69, 9.17) is 4.74 Å². The van der Waals surface area contributed by atoms with E-state index >= 15 is 0 Å². The Bertz CT molecular complexity index is 396. The number of ether oxygens (including phenoxy) is 1. The maximum absolute atomic E-state index is 5.68. The third kappa shape index (κ3) is 3.37. The molecule has 1 aliphatic rings. The molecule has 0 radical (unpaired) electrons. The van der Waals surface area contributed by atoms with E-state index in [1.807, 2.05) is 0 Å². The Balaban J connectivity index is 2.29. The van der Waals surface area contributed by atoms with Gasteiger partial charge in [0.05, 0.1) is 6.61 Å². The first kappa shape index (κ1) is 14.5. The number of benzene rings is 1. The van der Waals surface area contributed by atoms with E-state index in [1.54, 1.807) is 0 Å². The van der Waals surface area contributed by atoms with Crippen LogP contribution in [-0.4, -0.2) is 20.3 Å². The Kier molecular flexibility index (Phi) is 5.41. The Morgan fingerprint density at radius 2 is 2.16 bits per heavy atom. The fourth-order valence-electron chi connectivity index (χ4n) is 3.15. The molecule has 1 aromatic rings. The molecule has 0 amide bonds. The average molecular weight is 261 g/mol. The standard InChI is InChI=1S/C17H27NO/c1-4-13-8-9-14(5-2)16(11-13)17(18-3)15-7-6-10-19-12-15/h8-9,11,15,17-18H,4-7,10,12H2,1-3H3. The van der Waals surface area contributed by atoms with Crippen molar-refractivity contribution in [3.63, 3.8) is 0 Å². The molecule has 1 aliphatic heterocycles. The summed E-state index contributed by atoms with van der Waals surface area (Å²) in [7, 11) is 2.08. The molecule has 2 rings (SSSR count). The summed E-state index contributed by atoms with van der Waals surface area (Å²) in [4.78, 5) is 0. The van der Waals surface area contributed by atoms with Crippen LogP contribution in [0.1, 0.15) is 49.4 Å². The number of hydrogen-bond acceptors (Lipinski definition) is 2. The first-order chi connectivity index (χ1) is 9.30. The van der Waals surface area contributed by atoms with Gasteiger partial charge in [0, 0.05) is 18.6 Å². The zero-order valence-electron chi connectivity index (χ0n) is 12.5. The number of hydrogen-bond donors (Lipinski definition) is 1. The maximum Gasteiger partial charge on any atom is 0.0512 e. The van der Waals surface area contributed by atoms with Crippen molar-refractivity contribution in [2.24, 2.45) is 5.92 Å². The highest BCUT2D eigenvalue weighted by atomic mass is 16.5. The van der Waals surface area contributed by atoms with Crippen molar-refractivity contribution in [2.45, 2.75) is 45.6 Å². The van der Waals surface area contributed by atoms with Crippen LogP contribution in [0.5, 0.6) is 0 Å². The Morgan fingerprint density at radius 1 is 1.32 bits per heavy atom. The molecule has 1 fully saturated rings. The molecule has 1 saturated heterocycles. The van der Waals surface area contributed by atoms with Crippen LogP contribution in [0.2, 0.25) is 0 Å². The minimum absolute atomic E-state index is 0.432. The second-order valence-corrected chi connectivity index (χ2v) is 5.48. The van der Waals surface area contributed by atoms with Gasteiger partial charge in [-0.05, 0) is 49.4 Å². The van der Waals surface area contributed by atoms with Crippen LogP contribution in [0.4, 0.5) is 0 Å². The lowest BCUT2D eigenvalue weighted by Crippen LogP contribution is -2.32. The molecule has 1 aromatic carbocycles. The molecule has 0 bridgehead atoms. The summed E-state index contributed by atoms with van der Waals surface area (Å²) in [6.07, 6.45) is 4.67. The van der Waals surface area contributed by atoms with E-state index in [0.29, 0.717) is 12.0 Å². The lowest BCUT2D eigenvalue weighted by Gasteiger charge is -2.32. The summed E-state index contributed by atoms with van der Waals surface area (Å²) in [6, 6.07) is 7.41. The van der Waals surface area contributed by atoms with Crippen LogP contribution < -0.4 is 5.32 Å². The molecule has 19 heavy (non-hydrogen) atoms. The highest BCUT2D eigenvalue weighted by Gasteiger charge is 2.25. The predicted molar refractivity (Wildman–Crippen MR) is 80.5 cm³/mol. The van der Waals surface area contributed by atoms with Crippen LogP contribution in [0.25, 0.3) is 0 Å². The molecule has 0 aromatic heterocycles. The smallest absolute Gasteiger partial charge is 0.0512 e. The molecular formula is C17H27NO. The second kappa shape index (κ2) is 7.06. The molecule has 2 atom stereocenters. The normalized spacial score (nSPS) is 21.3. The van der Waals surface area contributed by atoms with E-state index in [1.165, 1.54) is 29.5 Å². The van der Waals surface area contributed by atoms with E-state index < -0.39 is 0 Å². The third-order valence-corrected chi connectivity index (χ3v) is 4.31. The Morgan fingerprint density at radius 3 is 2.74 bits per heavy atom. The quantitative estimate of drug-likeness (QED) is 0.876. The second-order valence-electron chi connectivity index (χ2n) is 5.48. The lowest BCUT2D eigenvalue weighted by molar-refractivity contribution is 0.0400. The third-order valence-electron chi connectivity index (χ3n) is 4.31. The van der Waals surface area contributed by atoms with Crippen LogP contribution >= 0.6 is 0 Å². The van der Waals surface area contributed by atoms with Crippen LogP contribution in [0.15, 0.2) is 18.2 Å². The Labute approximate surface area is 117 Å². The van der Waals surface area contributed by atoms with Gasteiger partial charge in [0.15, 0.2) is 0 Å². The van der Waals surface area contributed by atoms with Gasteiger partial charge in [0.1, 0.15) is 0 Å². The van der Waals surface area contributed by atoms with Crippen LogP contribution in [0, 0.1) is 5.92 Å². The van der Waals surface area contributed by atoms with Gasteiger partial charge in [-0.25, -0.2) is 0 Å². The molecule has 0 spiro atoms. The average Bonchev–Trinajstić information content (AvgIpc) is 2.49. The van der Waals surface area contributed by atoms with Crippen molar-refractivity contribution in [1.82, 2.24) is 5.32 Å². The van der Waals surface area contributed by atoms with Gasteiger partial charge in [0.2, 0.25) is 0 Å². The zero-order chi connectivity index (χ0) is 13.7. The van der Waals surface area contributed by atoms with E-state index in [-0.39, 0.29) is 0 Å². The molecule has 2 heteroatoms. The van der Waals surface area contributed by atoms with Gasteiger partial charge in [-0.3, -0.25) is 0 Å². The van der Waals surface area contributed by atoms with Crippen molar-refractivity contribution >= 4 is 0 Å². The van der Waals surface area contributed by atoms with Gasteiger partial charge < -0.3 is 10.1 Å². The number of aryl methyl sites for hydroxylation is 2. The summed E-state index contributed by atoms with van der Waals surface area (Å²) in [5.41, 5.74) is 4.39. The first-order valence-corrected chi connectivity index (χ1v) is 7.66. The summed E-state index contributed by atoms with van der Waals surface area (Å²) < 4.78 is 5.68. The molecule has 1 heterocycles. The molecule has 1 N–H and O–H groups in total. The van der Waals surface area contributed by atoms with Gasteiger partial charge >= 0.3 is 0 Å². The van der Waals surface area contributed by atoms with Crippen LogP contribution in [0.3, 0.4) is 0 Å². The van der Waals surface area contributed by atoms with Gasteiger partial charge in [0.25, 0.3) is 0 Å². The summed E-state index contributed by atoms with van der Waals surface area (Å²) in [5, 5.41) is 3.53. The number of rotatable bonds is 5. The fraction of sp³-hybridized carbons (Fsp3) is 0.647. The van der Waals surface area contributed by atoms with Crippen molar-refractivity contribution < 1.29 is 4.74 Å². The lowest BCUT2D eigenvalue weighted by atomic mass is 9.85. The molecule has 106 valence electrons. The fourth-order valence-corrected chi connectivity index (χ4v) is 3.15. The van der Waals surface area contributed by atoms with Gasteiger partial charge in [-0.2, -0.15) is 0 Å². The molecule has 0 saturated carbocycles. The van der Waals surface area contributed by atoms with Crippen molar-refractivity contribution in [1.29, 1.82) is 0 Å². The minimum Gasteiger partial charge on any atom is -0.381 e. The topological polar surface area (TPSA) is 21.3 Å². The largest absolute Gasteiger partial charge is 0.381 e. The monoisotopic (exact) mass is 261 g/mol. The first-order valence-electron chi connectivity index (χ1n) is 7.66. The highest BCUT2D eigenvalue weighted by molar-refractivity contribution is 5.35. The van der Waals surface area contributed by atoms with E-state index in [9.17, 15) is 0 Å². The van der Waals surface area contributed by atoms with Crippen molar-refractivity contribution in [3.8, 4) is 0 Å². The SMILES string of the molecule is CCc1ccc(CC)c(C(NC)C2CCCOC2)c1. The molecule has 2 nitrogen and oxygen atoms in total. The number of nitrogens with one attached hydrogen (secondary N) is 1. The summed E-state index contributed by atoms with van der Waals surface area (Å²) in [5.74, 6) is 0.608. The summed E-state index contributed by atoms with van der Waals surface area (Å²) in [6.45, 7) is 6.30. The van der Waals surface area contributed by atoms with Gasteiger partial charge in [-0.1, -0.05) is 32.0 Å². The predicted octanol–water partition coefficient (Wildman–Crippen LogP) is 3.50.